The molecule has 0 spiro atoms. The summed E-state index contributed by atoms with van der Waals surface area (Å²) in [7, 11) is -1.54. The molecule has 0 aliphatic carbocycles. The lowest BCUT2D eigenvalue weighted by Gasteiger charge is -2.17. The molecule has 134 valence electrons. The molecule has 6 heteroatoms. The van der Waals surface area contributed by atoms with Crippen molar-refractivity contribution < 1.29 is 20.4 Å². The van der Waals surface area contributed by atoms with Crippen molar-refractivity contribution in [1.29, 1.82) is 0 Å². The Morgan fingerprint density at radius 3 is 1.45 bits per heavy atom. The van der Waals surface area contributed by atoms with E-state index in [-0.39, 0.29) is 6.10 Å². The summed E-state index contributed by atoms with van der Waals surface area (Å²) in [6, 6.07) is 1.00. The topological polar surface area (TPSA) is 80.9 Å². The first-order chi connectivity index (χ1) is 10.1. The highest BCUT2D eigenvalue weighted by Crippen LogP contribution is 2.20. The standard InChI is InChI=1S/C16H35ClO4Si/c1-13(18)6-7-15(20)10-11-16(21)9-8-14(19)5-4-12-22(2,3)17/h13-16,18-21H,4-12H2,1-3H3. The van der Waals surface area contributed by atoms with Crippen LogP contribution in [0.3, 0.4) is 0 Å². The van der Waals surface area contributed by atoms with Crippen molar-refractivity contribution in [3.8, 4) is 0 Å². The smallest absolute Gasteiger partial charge is 0.150 e. The maximum Gasteiger partial charge on any atom is 0.150 e. The predicted octanol–water partition coefficient (Wildman–Crippen LogP) is 3.01. The van der Waals surface area contributed by atoms with Gasteiger partial charge in [-0.1, -0.05) is 19.5 Å². The van der Waals surface area contributed by atoms with E-state index in [0.29, 0.717) is 38.5 Å². The van der Waals surface area contributed by atoms with Crippen LogP contribution in [0.15, 0.2) is 0 Å². The van der Waals surface area contributed by atoms with E-state index >= 15 is 0 Å². The van der Waals surface area contributed by atoms with Gasteiger partial charge in [0.15, 0.2) is 0 Å². The highest BCUT2D eigenvalue weighted by molar-refractivity contribution is 7.19. The van der Waals surface area contributed by atoms with E-state index in [4.69, 9.17) is 16.2 Å². The van der Waals surface area contributed by atoms with Gasteiger partial charge < -0.3 is 20.4 Å². The molecular weight excluding hydrogens is 320 g/mol. The molecule has 0 aliphatic heterocycles. The Labute approximate surface area is 141 Å². The van der Waals surface area contributed by atoms with Gasteiger partial charge in [-0.15, -0.1) is 0 Å². The number of aliphatic hydroxyl groups excluding tert-OH is 4. The van der Waals surface area contributed by atoms with Gasteiger partial charge in [-0.05, 0) is 57.9 Å². The molecule has 0 radical (unpaired) electrons. The molecule has 0 fully saturated rings. The van der Waals surface area contributed by atoms with Crippen LogP contribution in [0.4, 0.5) is 0 Å². The molecule has 0 aliphatic rings. The number of aliphatic hydroxyl groups is 4. The Morgan fingerprint density at radius 2 is 1.09 bits per heavy atom. The summed E-state index contributed by atoms with van der Waals surface area (Å²) >= 11 is 6.24. The zero-order valence-electron chi connectivity index (χ0n) is 14.3. The van der Waals surface area contributed by atoms with Crippen LogP contribution in [0.2, 0.25) is 19.1 Å². The van der Waals surface area contributed by atoms with Gasteiger partial charge in [0.05, 0.1) is 24.4 Å². The fraction of sp³-hybridized carbons (Fsp3) is 1.00. The Bertz CT molecular complexity index is 271. The summed E-state index contributed by atoms with van der Waals surface area (Å²) in [5.74, 6) is 0. The minimum atomic E-state index is -1.54. The molecule has 4 nitrogen and oxygen atoms in total. The molecule has 0 saturated heterocycles. The highest BCUT2D eigenvalue weighted by Gasteiger charge is 2.17. The van der Waals surface area contributed by atoms with Crippen molar-refractivity contribution in [3.05, 3.63) is 0 Å². The van der Waals surface area contributed by atoms with Gasteiger partial charge in [-0.2, -0.15) is 11.1 Å². The molecule has 0 saturated carbocycles. The number of rotatable bonds is 13. The first-order valence-corrected chi connectivity index (χ1v) is 12.7. The summed E-state index contributed by atoms with van der Waals surface area (Å²) in [6.45, 7) is 5.91. The van der Waals surface area contributed by atoms with Crippen molar-refractivity contribution in [3.63, 3.8) is 0 Å². The van der Waals surface area contributed by atoms with E-state index in [9.17, 15) is 15.3 Å². The molecule has 4 unspecified atom stereocenters. The second-order valence-corrected chi connectivity index (χ2v) is 14.2. The number of hydrogen-bond donors (Lipinski definition) is 4. The van der Waals surface area contributed by atoms with Gasteiger partial charge in [-0.3, -0.25) is 0 Å². The Balaban J connectivity index is 3.64. The summed E-state index contributed by atoms with van der Waals surface area (Å²) in [4.78, 5) is 0. The third kappa shape index (κ3) is 15.3. The van der Waals surface area contributed by atoms with Crippen LogP contribution in [-0.4, -0.2) is 52.2 Å². The zero-order valence-corrected chi connectivity index (χ0v) is 16.1. The van der Waals surface area contributed by atoms with Crippen molar-refractivity contribution >= 4 is 18.5 Å². The van der Waals surface area contributed by atoms with Gasteiger partial charge in [0.25, 0.3) is 0 Å². The maximum atomic E-state index is 9.90. The molecule has 0 rings (SSSR count). The second-order valence-electron chi connectivity index (χ2n) is 7.15. The van der Waals surface area contributed by atoms with Crippen molar-refractivity contribution in [2.75, 3.05) is 0 Å². The molecule has 0 heterocycles. The van der Waals surface area contributed by atoms with Gasteiger partial charge in [0.1, 0.15) is 7.38 Å². The minimum absolute atomic E-state index is 0.372. The third-order valence-electron chi connectivity index (χ3n) is 3.89. The molecule has 4 atom stereocenters. The minimum Gasteiger partial charge on any atom is -0.393 e. The van der Waals surface area contributed by atoms with E-state index in [1.54, 1.807) is 6.92 Å². The molecule has 0 aromatic carbocycles. The Morgan fingerprint density at radius 1 is 0.727 bits per heavy atom. The summed E-state index contributed by atoms with van der Waals surface area (Å²) in [6.07, 6.45) is 3.34. The van der Waals surface area contributed by atoms with Crippen molar-refractivity contribution in [2.45, 2.75) is 102 Å². The molecule has 0 amide bonds. The van der Waals surface area contributed by atoms with E-state index < -0.39 is 25.7 Å². The number of hydrogen-bond acceptors (Lipinski definition) is 4. The average Bonchev–Trinajstić information content (AvgIpc) is 2.39. The maximum absolute atomic E-state index is 9.90. The van der Waals surface area contributed by atoms with E-state index in [1.165, 1.54) is 0 Å². The summed E-state index contributed by atoms with van der Waals surface area (Å²) in [5, 5.41) is 38.7. The second kappa shape index (κ2) is 11.8. The van der Waals surface area contributed by atoms with E-state index in [1.807, 2.05) is 0 Å². The fourth-order valence-electron chi connectivity index (χ4n) is 2.39. The van der Waals surface area contributed by atoms with Crippen LogP contribution < -0.4 is 0 Å². The van der Waals surface area contributed by atoms with Crippen LogP contribution in [0.5, 0.6) is 0 Å². The molecule has 0 bridgehead atoms. The number of halogens is 1. The van der Waals surface area contributed by atoms with E-state index in [0.717, 1.165) is 18.9 Å². The lowest BCUT2D eigenvalue weighted by atomic mass is 10.00. The van der Waals surface area contributed by atoms with Gasteiger partial charge in [0, 0.05) is 0 Å². The van der Waals surface area contributed by atoms with Gasteiger partial charge in [0.2, 0.25) is 0 Å². The Kier molecular flexibility index (Phi) is 12.0. The van der Waals surface area contributed by atoms with Crippen molar-refractivity contribution in [1.82, 2.24) is 0 Å². The van der Waals surface area contributed by atoms with Crippen molar-refractivity contribution in [2.24, 2.45) is 0 Å². The largest absolute Gasteiger partial charge is 0.393 e. The molecular formula is C16H35ClO4Si. The van der Waals surface area contributed by atoms with Gasteiger partial charge in [-0.25, -0.2) is 0 Å². The first-order valence-electron chi connectivity index (χ1n) is 8.51. The van der Waals surface area contributed by atoms with Crippen LogP contribution in [0.25, 0.3) is 0 Å². The SMILES string of the molecule is CC(O)CCC(O)CCC(O)CCC(O)CCC[Si](C)(C)Cl. The molecule has 0 aromatic rings. The summed E-state index contributed by atoms with van der Waals surface area (Å²) < 4.78 is 0. The summed E-state index contributed by atoms with van der Waals surface area (Å²) in [5.41, 5.74) is 0. The monoisotopic (exact) mass is 354 g/mol. The molecule has 4 N–H and O–H groups in total. The van der Waals surface area contributed by atoms with Gasteiger partial charge >= 0.3 is 0 Å². The zero-order chi connectivity index (χ0) is 17.2. The third-order valence-corrected chi connectivity index (χ3v) is 6.00. The fourth-order valence-corrected chi connectivity index (χ4v) is 3.84. The highest BCUT2D eigenvalue weighted by atomic mass is 35.6. The lowest BCUT2D eigenvalue weighted by molar-refractivity contribution is 0.0767. The van der Waals surface area contributed by atoms with Crippen LogP contribution >= 0.6 is 11.1 Å². The first kappa shape index (κ1) is 22.3. The van der Waals surface area contributed by atoms with Crippen LogP contribution in [0.1, 0.15) is 58.3 Å². The van der Waals surface area contributed by atoms with Crippen LogP contribution in [-0.2, 0) is 0 Å². The predicted molar refractivity (Wildman–Crippen MR) is 94.8 cm³/mol. The molecule has 22 heavy (non-hydrogen) atoms. The van der Waals surface area contributed by atoms with E-state index in [2.05, 4.69) is 13.1 Å². The quantitative estimate of drug-likeness (QED) is 0.303. The normalized spacial score (nSPS) is 18.0. The Hall–Kier alpha value is 0.347. The van der Waals surface area contributed by atoms with Crippen LogP contribution in [0, 0.1) is 0 Å². The molecule has 0 aromatic heterocycles. The average molecular weight is 355 g/mol. The lowest BCUT2D eigenvalue weighted by Crippen LogP contribution is -2.19.